The monoisotopic (exact) mass is 421 g/mol. The van der Waals surface area contributed by atoms with Crippen LogP contribution in [0.3, 0.4) is 0 Å². The van der Waals surface area contributed by atoms with Crippen molar-refractivity contribution in [3.8, 4) is 0 Å². The molecule has 0 radical (unpaired) electrons. The maximum atomic E-state index is 13.5. The van der Waals surface area contributed by atoms with Crippen LogP contribution in [0.25, 0.3) is 0 Å². The van der Waals surface area contributed by atoms with Crippen molar-refractivity contribution in [2.45, 2.75) is 38.5 Å². The van der Waals surface area contributed by atoms with Crippen molar-refractivity contribution < 1.29 is 4.39 Å². The van der Waals surface area contributed by atoms with E-state index in [0.29, 0.717) is 24.9 Å². The van der Waals surface area contributed by atoms with Crippen LogP contribution in [-0.4, -0.2) is 44.5 Å². The highest BCUT2D eigenvalue weighted by atomic mass is 19.1. The first-order valence-corrected chi connectivity index (χ1v) is 10.9. The molecule has 0 spiro atoms. The highest BCUT2D eigenvalue weighted by Crippen LogP contribution is 2.35. The lowest BCUT2D eigenvalue weighted by atomic mass is 9.83. The zero-order chi connectivity index (χ0) is 21.4. The summed E-state index contributed by atoms with van der Waals surface area (Å²) in [5, 5.41) is 0. The van der Waals surface area contributed by atoms with Crippen molar-refractivity contribution in [1.82, 2.24) is 24.3 Å². The summed E-state index contributed by atoms with van der Waals surface area (Å²) in [4.78, 5) is 25.3. The van der Waals surface area contributed by atoms with Crippen LogP contribution in [0.4, 0.5) is 4.39 Å². The molecular formula is C24H28FN5O. The fraction of sp³-hybridized carbons (Fsp3) is 0.417. The van der Waals surface area contributed by atoms with Gasteiger partial charge in [0.2, 0.25) is 0 Å². The van der Waals surface area contributed by atoms with E-state index >= 15 is 0 Å². The van der Waals surface area contributed by atoms with Gasteiger partial charge in [-0.05, 0) is 43.1 Å². The maximum absolute atomic E-state index is 13.5. The number of imidazole rings is 1. The van der Waals surface area contributed by atoms with Crippen LogP contribution in [0, 0.1) is 11.7 Å². The number of aromatic nitrogens is 3. The molecule has 2 aromatic heterocycles. The number of fused-ring (bicyclic) bond motifs is 4. The molecule has 2 aliphatic rings. The summed E-state index contributed by atoms with van der Waals surface area (Å²) in [5.74, 6) is 1.63. The summed E-state index contributed by atoms with van der Waals surface area (Å²) in [7, 11) is 1.97. The number of rotatable bonds is 6. The van der Waals surface area contributed by atoms with Gasteiger partial charge in [0.15, 0.2) is 0 Å². The van der Waals surface area contributed by atoms with Crippen molar-refractivity contribution >= 4 is 0 Å². The highest BCUT2D eigenvalue weighted by Gasteiger charge is 2.35. The first-order valence-electron chi connectivity index (χ1n) is 10.9. The summed E-state index contributed by atoms with van der Waals surface area (Å²) in [5.41, 5.74) is 2.99. The molecule has 7 heteroatoms. The van der Waals surface area contributed by atoms with Gasteiger partial charge in [-0.1, -0.05) is 18.2 Å². The molecule has 4 heterocycles. The fourth-order valence-corrected chi connectivity index (χ4v) is 5.23. The summed E-state index contributed by atoms with van der Waals surface area (Å²) < 4.78 is 15.5. The van der Waals surface area contributed by atoms with E-state index in [1.54, 1.807) is 18.3 Å². The predicted octanol–water partition coefficient (Wildman–Crippen LogP) is 2.96. The summed E-state index contributed by atoms with van der Waals surface area (Å²) in [6.07, 6.45) is 4.80. The average molecular weight is 422 g/mol. The third-order valence-corrected chi connectivity index (χ3v) is 6.47. The minimum atomic E-state index is -0.229. The lowest BCUT2D eigenvalue weighted by Gasteiger charge is -2.42. The largest absolute Gasteiger partial charge is 0.348 e. The van der Waals surface area contributed by atoms with E-state index in [9.17, 15) is 9.18 Å². The Morgan fingerprint density at radius 2 is 2.10 bits per heavy atom. The number of H-pyrrole nitrogens is 1. The number of piperidine rings is 1. The smallest absolute Gasteiger partial charge is 0.255 e. The Balaban J connectivity index is 1.30. The van der Waals surface area contributed by atoms with Gasteiger partial charge in [0.1, 0.15) is 11.6 Å². The van der Waals surface area contributed by atoms with E-state index in [1.165, 1.54) is 6.07 Å². The molecule has 162 valence electrons. The molecule has 1 aromatic carbocycles. The zero-order valence-electron chi connectivity index (χ0n) is 17.8. The third-order valence-electron chi connectivity index (χ3n) is 6.47. The number of halogens is 1. The molecule has 0 unspecified atom stereocenters. The van der Waals surface area contributed by atoms with Crippen LogP contribution in [0.15, 0.2) is 53.6 Å². The molecule has 1 fully saturated rings. The molecule has 6 nitrogen and oxygen atoms in total. The van der Waals surface area contributed by atoms with Crippen molar-refractivity contribution in [1.29, 1.82) is 0 Å². The average Bonchev–Trinajstić information content (AvgIpc) is 3.23. The molecule has 2 bridgehead atoms. The van der Waals surface area contributed by atoms with Crippen LogP contribution in [0.1, 0.15) is 35.0 Å². The SMILES string of the molecule is CN(Cc1cccc(F)c1)Cc1ccc2n(c1=O)C[C@H]1C[C@@H]2CN(Cc2ncc[nH]2)C1. The van der Waals surface area contributed by atoms with Crippen molar-refractivity contribution in [3.63, 3.8) is 0 Å². The van der Waals surface area contributed by atoms with Crippen molar-refractivity contribution in [2.24, 2.45) is 5.92 Å². The van der Waals surface area contributed by atoms with Gasteiger partial charge in [0, 0.05) is 62.3 Å². The topological polar surface area (TPSA) is 57.2 Å². The number of aromatic amines is 1. The Kier molecular flexibility index (Phi) is 5.46. The first kappa shape index (κ1) is 20.2. The summed E-state index contributed by atoms with van der Waals surface area (Å²) in [6, 6.07) is 10.8. The van der Waals surface area contributed by atoms with E-state index in [0.717, 1.165) is 55.2 Å². The second-order valence-electron chi connectivity index (χ2n) is 9.03. The molecular weight excluding hydrogens is 393 g/mol. The zero-order valence-corrected chi connectivity index (χ0v) is 17.8. The van der Waals surface area contributed by atoms with Gasteiger partial charge < -0.3 is 9.55 Å². The van der Waals surface area contributed by atoms with E-state index < -0.39 is 0 Å². The lowest BCUT2D eigenvalue weighted by Crippen LogP contribution is -2.47. The second kappa shape index (κ2) is 8.40. The van der Waals surface area contributed by atoms with Gasteiger partial charge in [-0.15, -0.1) is 0 Å². The Bertz CT molecular complexity index is 1110. The standard InChI is InChI=1S/C24H28FN5O/c1-28(11-17-3-2-4-21(25)10-17)14-19-5-6-22-20-9-18(13-30(22)24(19)31)12-29(15-20)16-23-26-7-8-27-23/h2-8,10,18,20H,9,11-16H2,1H3,(H,26,27)/t18-,20+/m0/s1. The van der Waals surface area contributed by atoms with Crippen LogP contribution < -0.4 is 5.56 Å². The van der Waals surface area contributed by atoms with E-state index in [2.05, 4.69) is 25.8 Å². The van der Waals surface area contributed by atoms with Gasteiger partial charge >= 0.3 is 0 Å². The number of nitrogens with zero attached hydrogens (tertiary/aromatic N) is 4. The predicted molar refractivity (Wildman–Crippen MR) is 117 cm³/mol. The van der Waals surface area contributed by atoms with Gasteiger partial charge in [-0.25, -0.2) is 9.37 Å². The summed E-state index contributed by atoms with van der Waals surface area (Å²) >= 11 is 0. The number of likely N-dealkylation sites (tertiary alicyclic amines) is 1. The Morgan fingerprint density at radius 3 is 2.90 bits per heavy atom. The molecule has 2 atom stereocenters. The number of hydrogen-bond acceptors (Lipinski definition) is 4. The van der Waals surface area contributed by atoms with Crippen LogP contribution >= 0.6 is 0 Å². The van der Waals surface area contributed by atoms with Crippen LogP contribution in [-0.2, 0) is 26.2 Å². The van der Waals surface area contributed by atoms with E-state index in [-0.39, 0.29) is 11.4 Å². The molecule has 3 aromatic rings. The van der Waals surface area contributed by atoms with Crippen LogP contribution in [0.2, 0.25) is 0 Å². The van der Waals surface area contributed by atoms with Gasteiger partial charge in [0.25, 0.3) is 5.56 Å². The van der Waals surface area contributed by atoms with Crippen molar-refractivity contribution in [3.05, 3.63) is 87.6 Å². The van der Waals surface area contributed by atoms with Gasteiger partial charge in [0.05, 0.1) is 6.54 Å². The quantitative estimate of drug-likeness (QED) is 0.665. The highest BCUT2D eigenvalue weighted by molar-refractivity contribution is 5.23. The molecule has 0 saturated carbocycles. The molecule has 1 N–H and O–H groups in total. The molecule has 0 amide bonds. The first-order chi connectivity index (χ1) is 15.0. The maximum Gasteiger partial charge on any atom is 0.255 e. The van der Waals surface area contributed by atoms with E-state index in [4.69, 9.17) is 0 Å². The Morgan fingerprint density at radius 1 is 1.19 bits per heavy atom. The second-order valence-corrected chi connectivity index (χ2v) is 9.03. The Hall–Kier alpha value is -2.77. The number of hydrogen-bond donors (Lipinski definition) is 1. The lowest BCUT2D eigenvalue weighted by molar-refractivity contribution is 0.112. The number of benzene rings is 1. The van der Waals surface area contributed by atoms with E-state index in [1.807, 2.05) is 29.9 Å². The van der Waals surface area contributed by atoms with Gasteiger partial charge in [-0.3, -0.25) is 14.6 Å². The minimum absolute atomic E-state index is 0.123. The molecule has 5 rings (SSSR count). The normalized spacial score (nSPS) is 20.7. The van der Waals surface area contributed by atoms with Crippen LogP contribution in [0.5, 0.6) is 0 Å². The van der Waals surface area contributed by atoms with Gasteiger partial charge in [-0.2, -0.15) is 0 Å². The molecule has 0 aliphatic carbocycles. The minimum Gasteiger partial charge on any atom is -0.348 e. The molecule has 31 heavy (non-hydrogen) atoms. The summed E-state index contributed by atoms with van der Waals surface area (Å²) in [6.45, 7) is 4.71. The fourth-order valence-electron chi connectivity index (χ4n) is 5.23. The Labute approximate surface area is 181 Å². The molecule has 1 saturated heterocycles. The number of pyridine rings is 1. The number of nitrogens with one attached hydrogen (secondary N) is 1. The molecule has 2 aliphatic heterocycles. The third kappa shape index (κ3) is 4.34. The van der Waals surface area contributed by atoms with Crippen molar-refractivity contribution in [2.75, 3.05) is 20.1 Å².